The van der Waals surface area contributed by atoms with Gasteiger partial charge in [-0.3, -0.25) is 4.68 Å². The van der Waals surface area contributed by atoms with Gasteiger partial charge >= 0.3 is 0 Å². The highest BCUT2D eigenvalue weighted by atomic mass is 16.5. The number of ether oxygens (including phenoxy) is 1. The number of rotatable bonds is 9. The summed E-state index contributed by atoms with van der Waals surface area (Å²) in [5, 5.41) is 8.21. The molecule has 0 bridgehead atoms. The van der Waals surface area contributed by atoms with Crippen LogP contribution in [0.5, 0.6) is 0 Å². The first kappa shape index (κ1) is 15.5. The maximum atomic E-state index is 5.68. The fourth-order valence-electron chi connectivity index (χ4n) is 2.31. The Hall–Kier alpha value is -0.870. The van der Waals surface area contributed by atoms with Gasteiger partial charge in [-0.05, 0) is 39.0 Å². The van der Waals surface area contributed by atoms with Gasteiger partial charge in [0.05, 0.1) is 18.8 Å². The summed E-state index contributed by atoms with van der Waals surface area (Å²) in [6.45, 7) is 12.1. The van der Waals surface area contributed by atoms with Crippen molar-refractivity contribution in [3.63, 3.8) is 0 Å². The molecule has 1 N–H and O–H groups in total. The summed E-state index contributed by atoms with van der Waals surface area (Å²) >= 11 is 0. The van der Waals surface area contributed by atoms with E-state index in [1.54, 1.807) is 0 Å². The predicted molar refractivity (Wildman–Crippen MR) is 81.8 cm³/mol. The van der Waals surface area contributed by atoms with E-state index >= 15 is 0 Å². The van der Waals surface area contributed by atoms with Crippen LogP contribution in [-0.2, 0) is 17.8 Å². The Morgan fingerprint density at radius 1 is 1.30 bits per heavy atom. The van der Waals surface area contributed by atoms with Crippen LogP contribution in [0.25, 0.3) is 0 Å². The molecule has 1 aliphatic carbocycles. The molecule has 0 spiro atoms. The average molecular weight is 279 g/mol. The second kappa shape index (κ2) is 7.23. The Bertz CT molecular complexity index is 422. The Kier molecular flexibility index (Phi) is 5.61. The predicted octanol–water partition coefficient (Wildman–Crippen LogP) is 2.81. The Balaban J connectivity index is 1.77. The van der Waals surface area contributed by atoms with Gasteiger partial charge < -0.3 is 10.1 Å². The molecule has 1 aromatic rings. The summed E-state index contributed by atoms with van der Waals surface area (Å²) in [5.41, 5.74) is 3.79. The monoisotopic (exact) mass is 279 g/mol. The summed E-state index contributed by atoms with van der Waals surface area (Å²) in [6.07, 6.45) is 3.79. The molecule has 4 nitrogen and oxygen atoms in total. The number of aromatic nitrogens is 2. The number of nitrogens with zero attached hydrogens (tertiary/aromatic N) is 2. The molecule has 0 aliphatic heterocycles. The molecule has 1 fully saturated rings. The lowest BCUT2D eigenvalue weighted by Gasteiger charge is -2.08. The van der Waals surface area contributed by atoms with E-state index in [2.05, 4.69) is 42.8 Å². The molecule has 2 rings (SSSR count). The Morgan fingerprint density at radius 3 is 2.70 bits per heavy atom. The van der Waals surface area contributed by atoms with E-state index in [4.69, 9.17) is 4.74 Å². The van der Waals surface area contributed by atoms with Crippen molar-refractivity contribution in [1.29, 1.82) is 0 Å². The fourth-order valence-corrected chi connectivity index (χ4v) is 2.31. The zero-order chi connectivity index (χ0) is 14.5. The molecule has 1 heterocycles. The maximum absolute atomic E-state index is 5.68. The van der Waals surface area contributed by atoms with E-state index in [-0.39, 0.29) is 0 Å². The zero-order valence-electron chi connectivity index (χ0n) is 13.4. The van der Waals surface area contributed by atoms with Gasteiger partial charge in [-0.15, -0.1) is 0 Å². The third-order valence-corrected chi connectivity index (χ3v) is 3.96. The van der Waals surface area contributed by atoms with Crippen LogP contribution in [0, 0.1) is 19.8 Å². The summed E-state index contributed by atoms with van der Waals surface area (Å²) < 4.78 is 7.78. The van der Waals surface area contributed by atoms with E-state index in [1.165, 1.54) is 24.1 Å². The first-order valence-electron chi connectivity index (χ1n) is 7.92. The third-order valence-electron chi connectivity index (χ3n) is 3.96. The third kappa shape index (κ3) is 4.60. The minimum atomic E-state index is 0.712. The molecule has 114 valence electrons. The highest BCUT2D eigenvalue weighted by Gasteiger charge is 2.21. The van der Waals surface area contributed by atoms with Gasteiger partial charge in [0.15, 0.2) is 0 Å². The van der Waals surface area contributed by atoms with Crippen LogP contribution in [-0.4, -0.2) is 29.0 Å². The lowest BCUT2D eigenvalue weighted by Crippen LogP contribution is -2.16. The van der Waals surface area contributed by atoms with Crippen molar-refractivity contribution in [2.24, 2.45) is 5.92 Å². The van der Waals surface area contributed by atoms with Crippen LogP contribution in [0.2, 0.25) is 0 Å². The van der Waals surface area contributed by atoms with E-state index in [0.29, 0.717) is 5.92 Å². The topological polar surface area (TPSA) is 39.1 Å². The average Bonchev–Trinajstić information content (AvgIpc) is 3.16. The summed E-state index contributed by atoms with van der Waals surface area (Å²) in [5.74, 6) is 0.712. The van der Waals surface area contributed by atoms with Gasteiger partial charge in [-0.25, -0.2) is 0 Å². The van der Waals surface area contributed by atoms with Crippen molar-refractivity contribution < 1.29 is 4.74 Å². The van der Waals surface area contributed by atoms with Crippen LogP contribution >= 0.6 is 0 Å². The lowest BCUT2D eigenvalue weighted by molar-refractivity contribution is 0.113. The minimum absolute atomic E-state index is 0.712. The van der Waals surface area contributed by atoms with E-state index in [0.717, 1.165) is 44.5 Å². The van der Waals surface area contributed by atoms with E-state index in [9.17, 15) is 0 Å². The van der Waals surface area contributed by atoms with Crippen LogP contribution in [0.3, 0.4) is 0 Å². The van der Waals surface area contributed by atoms with Crippen molar-refractivity contribution in [2.75, 3.05) is 13.2 Å². The fraction of sp³-hybridized carbons (Fsp3) is 0.812. The van der Waals surface area contributed by atoms with Crippen molar-refractivity contribution in [3.05, 3.63) is 17.0 Å². The second-order valence-corrected chi connectivity index (χ2v) is 6.32. The van der Waals surface area contributed by atoms with Crippen LogP contribution in [0.1, 0.15) is 50.1 Å². The molecule has 20 heavy (non-hydrogen) atoms. The molecule has 0 aromatic carbocycles. The highest BCUT2D eigenvalue weighted by molar-refractivity contribution is 5.24. The van der Waals surface area contributed by atoms with Gasteiger partial charge in [-0.2, -0.15) is 5.10 Å². The summed E-state index contributed by atoms with van der Waals surface area (Å²) in [6, 6.07) is 0.747. The lowest BCUT2D eigenvalue weighted by atomic mass is 10.1. The Labute approximate surface area is 122 Å². The first-order valence-corrected chi connectivity index (χ1v) is 7.92. The quantitative estimate of drug-likeness (QED) is 0.707. The molecule has 1 aliphatic rings. The summed E-state index contributed by atoms with van der Waals surface area (Å²) in [4.78, 5) is 0. The smallest absolute Gasteiger partial charge is 0.0662 e. The number of nitrogens with one attached hydrogen (secondary N) is 1. The largest absolute Gasteiger partial charge is 0.380 e. The summed E-state index contributed by atoms with van der Waals surface area (Å²) in [7, 11) is 0. The molecule has 0 atom stereocenters. The second-order valence-electron chi connectivity index (χ2n) is 6.32. The SMILES string of the molecule is Cc1nn(CCOCCC(C)C)c(C)c1CNC1CC1. The van der Waals surface area contributed by atoms with Gasteiger partial charge in [0.25, 0.3) is 0 Å². The zero-order valence-corrected chi connectivity index (χ0v) is 13.4. The molecule has 0 radical (unpaired) electrons. The van der Waals surface area contributed by atoms with Crippen molar-refractivity contribution >= 4 is 0 Å². The van der Waals surface area contributed by atoms with Crippen molar-refractivity contribution in [3.8, 4) is 0 Å². The van der Waals surface area contributed by atoms with Crippen LogP contribution in [0.4, 0.5) is 0 Å². The van der Waals surface area contributed by atoms with E-state index in [1.807, 2.05) is 0 Å². The molecule has 1 aromatic heterocycles. The van der Waals surface area contributed by atoms with Gasteiger partial charge in [0, 0.05) is 30.5 Å². The standard InChI is InChI=1S/C16H29N3O/c1-12(2)7-9-20-10-8-19-14(4)16(13(3)18-19)11-17-15-5-6-15/h12,15,17H,5-11H2,1-4H3. The first-order chi connectivity index (χ1) is 9.58. The van der Waals surface area contributed by atoms with Crippen LogP contribution < -0.4 is 5.32 Å². The van der Waals surface area contributed by atoms with Gasteiger partial charge in [0.2, 0.25) is 0 Å². The van der Waals surface area contributed by atoms with Crippen molar-refractivity contribution in [2.45, 2.75) is 66.1 Å². The molecule has 0 unspecified atom stereocenters. The molecule has 1 saturated carbocycles. The molecule has 0 saturated heterocycles. The number of aryl methyl sites for hydroxylation is 1. The molecular formula is C16H29N3O. The number of hydrogen-bond donors (Lipinski definition) is 1. The number of hydrogen-bond acceptors (Lipinski definition) is 3. The van der Waals surface area contributed by atoms with Crippen LogP contribution in [0.15, 0.2) is 0 Å². The van der Waals surface area contributed by atoms with Gasteiger partial charge in [0.1, 0.15) is 0 Å². The molecule has 4 heteroatoms. The molecule has 0 amide bonds. The van der Waals surface area contributed by atoms with E-state index < -0.39 is 0 Å². The normalized spacial score (nSPS) is 15.2. The van der Waals surface area contributed by atoms with Crippen molar-refractivity contribution in [1.82, 2.24) is 15.1 Å². The Morgan fingerprint density at radius 2 is 2.05 bits per heavy atom. The maximum Gasteiger partial charge on any atom is 0.0662 e. The molecular weight excluding hydrogens is 250 g/mol. The van der Waals surface area contributed by atoms with Gasteiger partial charge in [-0.1, -0.05) is 13.8 Å². The minimum Gasteiger partial charge on any atom is -0.380 e. The highest BCUT2D eigenvalue weighted by Crippen LogP contribution is 2.21.